The molecule has 106 valence electrons. The van der Waals surface area contributed by atoms with E-state index in [1.807, 2.05) is 6.92 Å². The molecule has 0 aliphatic carbocycles. The number of nitrogens with zero attached hydrogens (tertiary/aromatic N) is 2. The average Bonchev–Trinajstić information content (AvgIpc) is 2.88. The summed E-state index contributed by atoms with van der Waals surface area (Å²) in [5.41, 5.74) is 7.10. The topological polar surface area (TPSA) is 63.8 Å². The minimum absolute atomic E-state index is 0.177. The molecule has 0 bridgehead atoms. The molecule has 0 aliphatic rings. The molecule has 1 atom stereocenters. The molecular formula is C14H18N4S2. The molecule has 2 heterocycles. The minimum Gasteiger partial charge on any atom is -0.388 e. The summed E-state index contributed by atoms with van der Waals surface area (Å²) in [6.07, 6.45) is 0. The quantitative estimate of drug-likeness (QED) is 0.830. The van der Waals surface area contributed by atoms with Gasteiger partial charge in [-0.25, -0.2) is 9.97 Å². The zero-order valence-electron chi connectivity index (χ0n) is 11.8. The Morgan fingerprint density at radius 3 is 2.70 bits per heavy atom. The van der Waals surface area contributed by atoms with Gasteiger partial charge >= 0.3 is 0 Å². The summed E-state index contributed by atoms with van der Waals surface area (Å²) in [5, 5.41) is 5.46. The Labute approximate surface area is 128 Å². The van der Waals surface area contributed by atoms with Crippen LogP contribution in [0.15, 0.2) is 23.6 Å². The highest BCUT2D eigenvalue weighted by Crippen LogP contribution is 2.28. The van der Waals surface area contributed by atoms with Gasteiger partial charge in [0.15, 0.2) is 0 Å². The predicted octanol–water partition coefficient (Wildman–Crippen LogP) is 3.29. The second kappa shape index (κ2) is 6.28. The Morgan fingerprint density at radius 2 is 2.15 bits per heavy atom. The summed E-state index contributed by atoms with van der Waals surface area (Å²) < 4.78 is 0. The molecule has 2 aromatic heterocycles. The summed E-state index contributed by atoms with van der Waals surface area (Å²) in [4.78, 5) is 10.4. The molecule has 6 heteroatoms. The van der Waals surface area contributed by atoms with Crippen LogP contribution in [0.25, 0.3) is 0 Å². The maximum absolute atomic E-state index is 5.65. The Kier molecular flexibility index (Phi) is 4.67. The van der Waals surface area contributed by atoms with Crippen LogP contribution in [0, 0.1) is 12.8 Å². The van der Waals surface area contributed by atoms with Crippen molar-refractivity contribution in [3.05, 3.63) is 39.8 Å². The molecule has 0 spiro atoms. The van der Waals surface area contributed by atoms with Crippen molar-refractivity contribution in [2.45, 2.75) is 26.8 Å². The zero-order valence-corrected chi connectivity index (χ0v) is 13.4. The summed E-state index contributed by atoms with van der Waals surface area (Å²) in [7, 11) is 0. The maximum Gasteiger partial charge on any atom is 0.224 e. The molecule has 0 aliphatic heterocycles. The number of nitrogens with two attached hydrogens (primary N) is 1. The van der Waals surface area contributed by atoms with Crippen molar-refractivity contribution in [3.63, 3.8) is 0 Å². The van der Waals surface area contributed by atoms with Gasteiger partial charge in [-0.15, -0.1) is 11.3 Å². The molecule has 0 amide bonds. The largest absolute Gasteiger partial charge is 0.388 e. The fourth-order valence-electron chi connectivity index (χ4n) is 1.93. The van der Waals surface area contributed by atoms with Crippen LogP contribution < -0.4 is 11.1 Å². The molecule has 0 fully saturated rings. The maximum atomic E-state index is 5.65. The van der Waals surface area contributed by atoms with E-state index in [0.29, 0.717) is 17.6 Å². The normalized spacial score (nSPS) is 12.4. The summed E-state index contributed by atoms with van der Waals surface area (Å²) in [6, 6.07) is 6.14. The number of hydrogen-bond donors (Lipinski definition) is 2. The number of nitrogens with one attached hydrogen (secondary N) is 1. The second-order valence-corrected chi connectivity index (χ2v) is 6.38. The van der Waals surface area contributed by atoms with E-state index in [0.717, 1.165) is 5.69 Å². The van der Waals surface area contributed by atoms with Crippen LogP contribution in [0.3, 0.4) is 0 Å². The van der Waals surface area contributed by atoms with Crippen molar-refractivity contribution in [2.75, 3.05) is 5.32 Å². The molecule has 4 nitrogen and oxygen atoms in total. The standard InChI is InChI=1S/C14H18N4S2/c1-8(2)12(11-5-4-6-20-11)18-14-16-9(3)7-10(17-14)13(15)19/h4-8,12H,1-3H3,(H2,15,19)(H,16,17,18). The lowest BCUT2D eigenvalue weighted by molar-refractivity contribution is 0.550. The molecule has 20 heavy (non-hydrogen) atoms. The van der Waals surface area contributed by atoms with E-state index >= 15 is 0 Å². The van der Waals surface area contributed by atoms with Crippen LogP contribution in [0.2, 0.25) is 0 Å². The lowest BCUT2D eigenvalue weighted by atomic mass is 10.0. The van der Waals surface area contributed by atoms with Crippen molar-refractivity contribution in [3.8, 4) is 0 Å². The second-order valence-electron chi connectivity index (χ2n) is 4.96. The predicted molar refractivity (Wildman–Crippen MR) is 88.2 cm³/mol. The van der Waals surface area contributed by atoms with Gasteiger partial charge in [0, 0.05) is 10.6 Å². The molecule has 2 aromatic rings. The monoisotopic (exact) mass is 306 g/mol. The van der Waals surface area contributed by atoms with Gasteiger partial charge in [0.05, 0.1) is 6.04 Å². The van der Waals surface area contributed by atoms with Crippen LogP contribution >= 0.6 is 23.6 Å². The number of aryl methyl sites for hydroxylation is 1. The number of thiocarbonyl (C=S) groups is 1. The summed E-state index contributed by atoms with van der Waals surface area (Å²) in [6.45, 7) is 6.24. The highest BCUT2D eigenvalue weighted by atomic mass is 32.1. The molecular weight excluding hydrogens is 288 g/mol. The molecule has 0 aromatic carbocycles. The third-order valence-corrected chi connectivity index (χ3v) is 4.07. The number of aromatic nitrogens is 2. The van der Waals surface area contributed by atoms with Crippen LogP contribution in [-0.4, -0.2) is 15.0 Å². The Bertz CT molecular complexity index is 593. The lowest BCUT2D eigenvalue weighted by Gasteiger charge is -2.21. The van der Waals surface area contributed by atoms with Crippen molar-refractivity contribution in [1.29, 1.82) is 0 Å². The zero-order chi connectivity index (χ0) is 14.7. The van der Waals surface area contributed by atoms with Gasteiger partial charge in [-0.2, -0.15) is 0 Å². The van der Waals surface area contributed by atoms with Crippen molar-refractivity contribution >= 4 is 34.5 Å². The molecule has 0 saturated carbocycles. The first-order chi connectivity index (χ1) is 9.47. The molecule has 3 N–H and O–H groups in total. The fourth-order valence-corrected chi connectivity index (χ4v) is 2.99. The average molecular weight is 306 g/mol. The van der Waals surface area contributed by atoms with E-state index in [-0.39, 0.29) is 11.0 Å². The molecule has 2 rings (SSSR count). The van der Waals surface area contributed by atoms with Crippen LogP contribution in [-0.2, 0) is 0 Å². The molecule has 0 saturated heterocycles. The number of rotatable bonds is 5. The highest BCUT2D eigenvalue weighted by Gasteiger charge is 2.18. The third-order valence-electron chi connectivity index (χ3n) is 2.91. The Balaban J connectivity index is 2.29. The molecule has 0 radical (unpaired) electrons. The minimum atomic E-state index is 0.177. The van der Waals surface area contributed by atoms with Crippen molar-refractivity contribution in [2.24, 2.45) is 11.7 Å². The SMILES string of the molecule is Cc1cc(C(N)=S)nc(NC(c2cccs2)C(C)C)n1. The number of hydrogen-bond acceptors (Lipinski definition) is 5. The van der Waals surface area contributed by atoms with Gasteiger partial charge in [-0.3, -0.25) is 0 Å². The summed E-state index contributed by atoms with van der Waals surface area (Å²) in [5.74, 6) is 0.992. The smallest absolute Gasteiger partial charge is 0.224 e. The third kappa shape index (κ3) is 3.52. The van der Waals surface area contributed by atoms with E-state index in [4.69, 9.17) is 18.0 Å². The Morgan fingerprint density at radius 1 is 1.40 bits per heavy atom. The first-order valence-electron chi connectivity index (χ1n) is 6.43. The Hall–Kier alpha value is -1.53. The summed E-state index contributed by atoms with van der Waals surface area (Å²) >= 11 is 6.71. The highest BCUT2D eigenvalue weighted by molar-refractivity contribution is 7.80. The van der Waals surface area contributed by atoms with Crippen molar-refractivity contribution < 1.29 is 0 Å². The van der Waals surface area contributed by atoms with Gasteiger partial charge in [0.25, 0.3) is 0 Å². The fraction of sp³-hybridized carbons (Fsp3) is 0.357. The van der Waals surface area contributed by atoms with Gasteiger partial charge in [-0.05, 0) is 30.4 Å². The van der Waals surface area contributed by atoms with Crippen LogP contribution in [0.5, 0.6) is 0 Å². The van der Waals surface area contributed by atoms with Gasteiger partial charge in [0.2, 0.25) is 5.95 Å². The van der Waals surface area contributed by atoms with Crippen LogP contribution in [0.4, 0.5) is 5.95 Å². The van der Waals surface area contributed by atoms with Crippen LogP contribution in [0.1, 0.15) is 36.2 Å². The number of anilines is 1. The first kappa shape index (κ1) is 14.9. The van der Waals surface area contributed by atoms with E-state index in [2.05, 4.69) is 46.6 Å². The number of thiophene rings is 1. The van der Waals surface area contributed by atoms with E-state index in [1.54, 1.807) is 17.4 Å². The van der Waals surface area contributed by atoms with E-state index in [1.165, 1.54) is 4.88 Å². The van der Waals surface area contributed by atoms with Gasteiger partial charge in [0.1, 0.15) is 10.7 Å². The van der Waals surface area contributed by atoms with Gasteiger partial charge < -0.3 is 11.1 Å². The van der Waals surface area contributed by atoms with E-state index in [9.17, 15) is 0 Å². The lowest BCUT2D eigenvalue weighted by Crippen LogP contribution is -2.19. The van der Waals surface area contributed by atoms with Gasteiger partial charge in [-0.1, -0.05) is 32.1 Å². The van der Waals surface area contributed by atoms with E-state index < -0.39 is 0 Å². The molecule has 1 unspecified atom stereocenters. The first-order valence-corrected chi connectivity index (χ1v) is 7.71. The van der Waals surface area contributed by atoms with Crippen molar-refractivity contribution in [1.82, 2.24) is 9.97 Å².